The molecule has 0 radical (unpaired) electrons. The molecule has 1 aromatic carbocycles. The van der Waals surface area contributed by atoms with E-state index in [1.165, 1.54) is 12.1 Å². The van der Waals surface area contributed by atoms with Gasteiger partial charge in [-0.2, -0.15) is 0 Å². The van der Waals surface area contributed by atoms with Crippen LogP contribution in [0, 0.1) is 5.82 Å². The highest BCUT2D eigenvalue weighted by Gasteiger charge is 2.13. The molecule has 0 spiro atoms. The van der Waals surface area contributed by atoms with Gasteiger partial charge in [0.2, 0.25) is 0 Å². The lowest BCUT2D eigenvalue weighted by atomic mass is 10.1. The van der Waals surface area contributed by atoms with Crippen LogP contribution in [-0.4, -0.2) is 16.9 Å². The molecule has 18 heavy (non-hydrogen) atoms. The average molecular weight is 248 g/mol. The molecule has 96 valence electrons. The minimum atomic E-state index is -0.298. The van der Waals surface area contributed by atoms with E-state index in [2.05, 4.69) is 10.3 Å². The number of aromatic amines is 1. The van der Waals surface area contributed by atoms with E-state index in [4.69, 9.17) is 0 Å². The first-order valence-corrected chi connectivity index (χ1v) is 6.23. The van der Waals surface area contributed by atoms with E-state index < -0.39 is 0 Å². The molecule has 0 saturated heterocycles. The zero-order valence-corrected chi connectivity index (χ0v) is 10.6. The third-order valence-electron chi connectivity index (χ3n) is 3.15. The minimum absolute atomic E-state index is 0.139. The molecule has 3 nitrogen and oxygen atoms in total. The maximum Gasteiger partial charge on any atom is 0.267 e. The first-order valence-electron chi connectivity index (χ1n) is 6.23. The van der Waals surface area contributed by atoms with E-state index in [9.17, 15) is 9.18 Å². The number of aromatic nitrogens is 1. The number of fused-ring (bicyclic) bond motifs is 1. The van der Waals surface area contributed by atoms with Crippen LogP contribution in [-0.2, 0) is 0 Å². The molecule has 4 heteroatoms. The topological polar surface area (TPSA) is 44.9 Å². The molecular weight excluding hydrogens is 231 g/mol. The summed E-state index contributed by atoms with van der Waals surface area (Å²) in [5, 5.41) is 3.66. The normalized spacial score (nSPS) is 11.1. The van der Waals surface area contributed by atoms with Gasteiger partial charge in [-0.15, -0.1) is 0 Å². The Kier molecular flexibility index (Phi) is 3.65. The van der Waals surface area contributed by atoms with Gasteiger partial charge in [-0.05, 0) is 37.1 Å². The maximum atomic E-state index is 13.1. The summed E-state index contributed by atoms with van der Waals surface area (Å²) in [5.41, 5.74) is 1.24. The number of benzene rings is 1. The van der Waals surface area contributed by atoms with E-state index in [-0.39, 0.29) is 17.8 Å². The number of nitrogens with one attached hydrogen (secondary N) is 2. The molecule has 0 aliphatic carbocycles. The van der Waals surface area contributed by atoms with Crippen LogP contribution >= 0.6 is 0 Å². The molecular formula is C14H17FN2O. The van der Waals surface area contributed by atoms with Gasteiger partial charge in [-0.3, -0.25) is 4.79 Å². The maximum absolute atomic E-state index is 13.1. The van der Waals surface area contributed by atoms with E-state index in [0.29, 0.717) is 11.1 Å². The number of hydrogen-bond acceptors (Lipinski definition) is 1. The van der Waals surface area contributed by atoms with Crippen molar-refractivity contribution in [3.63, 3.8) is 0 Å². The fourth-order valence-electron chi connectivity index (χ4n) is 1.98. The summed E-state index contributed by atoms with van der Waals surface area (Å²) < 4.78 is 13.1. The minimum Gasteiger partial charge on any atom is -0.351 e. The molecule has 2 N–H and O–H groups in total. The molecule has 0 fully saturated rings. The second-order valence-corrected chi connectivity index (χ2v) is 4.40. The predicted octanol–water partition coefficient (Wildman–Crippen LogP) is 3.23. The molecule has 2 rings (SSSR count). The highest BCUT2D eigenvalue weighted by atomic mass is 19.1. The lowest BCUT2D eigenvalue weighted by Gasteiger charge is -2.13. The third kappa shape index (κ3) is 2.53. The van der Waals surface area contributed by atoms with Gasteiger partial charge in [-0.25, -0.2) is 4.39 Å². The highest BCUT2D eigenvalue weighted by Crippen LogP contribution is 2.16. The van der Waals surface area contributed by atoms with E-state index in [1.54, 1.807) is 12.1 Å². The average Bonchev–Trinajstić information content (AvgIpc) is 2.78. The summed E-state index contributed by atoms with van der Waals surface area (Å²) in [7, 11) is 0. The lowest BCUT2D eigenvalue weighted by molar-refractivity contribution is 0.0930. The Morgan fingerprint density at radius 1 is 1.33 bits per heavy atom. The summed E-state index contributed by atoms with van der Waals surface area (Å²) in [6.45, 7) is 4.07. The zero-order valence-electron chi connectivity index (χ0n) is 10.6. The quantitative estimate of drug-likeness (QED) is 0.857. The van der Waals surface area contributed by atoms with Crippen LogP contribution in [0.15, 0.2) is 24.3 Å². The SMILES string of the molecule is CCC(CC)NC(=O)c1cc2cc(F)ccc2[nH]1. The Morgan fingerprint density at radius 2 is 2.06 bits per heavy atom. The van der Waals surface area contributed by atoms with Gasteiger partial charge in [0.25, 0.3) is 5.91 Å². The van der Waals surface area contributed by atoms with Gasteiger partial charge in [0.15, 0.2) is 0 Å². The molecule has 0 bridgehead atoms. The van der Waals surface area contributed by atoms with Gasteiger partial charge < -0.3 is 10.3 Å². The van der Waals surface area contributed by atoms with Gasteiger partial charge in [0.1, 0.15) is 11.5 Å². The molecule has 0 aliphatic heterocycles. The van der Waals surface area contributed by atoms with Gasteiger partial charge >= 0.3 is 0 Å². The Hall–Kier alpha value is -1.84. The van der Waals surface area contributed by atoms with Gasteiger partial charge in [0.05, 0.1) is 0 Å². The van der Waals surface area contributed by atoms with Gasteiger partial charge in [-0.1, -0.05) is 13.8 Å². The number of rotatable bonds is 4. The van der Waals surface area contributed by atoms with Crippen molar-refractivity contribution < 1.29 is 9.18 Å². The van der Waals surface area contributed by atoms with Crippen molar-refractivity contribution in [1.29, 1.82) is 0 Å². The first kappa shape index (κ1) is 12.6. The van der Waals surface area contributed by atoms with Crippen LogP contribution in [0.5, 0.6) is 0 Å². The van der Waals surface area contributed by atoms with Crippen molar-refractivity contribution in [2.45, 2.75) is 32.7 Å². The van der Waals surface area contributed by atoms with Crippen LogP contribution < -0.4 is 5.32 Å². The fraction of sp³-hybridized carbons (Fsp3) is 0.357. The standard InChI is InChI=1S/C14H17FN2O/c1-3-11(4-2)16-14(18)13-8-9-7-10(15)5-6-12(9)17-13/h5-8,11,17H,3-4H2,1-2H3,(H,16,18). The van der Waals surface area contributed by atoms with Crippen molar-refractivity contribution in [3.05, 3.63) is 35.8 Å². The Bertz CT molecular complexity index is 558. The summed E-state index contributed by atoms with van der Waals surface area (Å²) in [6.07, 6.45) is 1.80. The van der Waals surface area contributed by atoms with Crippen LogP contribution in [0.1, 0.15) is 37.2 Å². The number of carbonyl (C=O) groups is 1. The van der Waals surface area contributed by atoms with Gasteiger partial charge in [0, 0.05) is 16.9 Å². The molecule has 1 heterocycles. The highest BCUT2D eigenvalue weighted by molar-refractivity contribution is 5.98. The summed E-state index contributed by atoms with van der Waals surface area (Å²) in [4.78, 5) is 15.0. The van der Waals surface area contributed by atoms with Crippen LogP contribution in [0.2, 0.25) is 0 Å². The Balaban J connectivity index is 2.23. The number of carbonyl (C=O) groups excluding carboxylic acids is 1. The zero-order chi connectivity index (χ0) is 13.1. The van der Waals surface area contributed by atoms with Crippen LogP contribution in [0.4, 0.5) is 4.39 Å². The largest absolute Gasteiger partial charge is 0.351 e. The molecule has 0 saturated carbocycles. The fourth-order valence-corrected chi connectivity index (χ4v) is 1.98. The Morgan fingerprint density at radius 3 is 2.72 bits per heavy atom. The smallest absolute Gasteiger partial charge is 0.267 e. The molecule has 0 aliphatic rings. The predicted molar refractivity (Wildman–Crippen MR) is 70.1 cm³/mol. The van der Waals surface area contributed by atoms with Crippen molar-refractivity contribution in [2.24, 2.45) is 0 Å². The third-order valence-corrected chi connectivity index (χ3v) is 3.15. The summed E-state index contributed by atoms with van der Waals surface area (Å²) >= 11 is 0. The molecule has 2 aromatic rings. The van der Waals surface area contributed by atoms with E-state index >= 15 is 0 Å². The second-order valence-electron chi connectivity index (χ2n) is 4.40. The van der Waals surface area contributed by atoms with Crippen molar-refractivity contribution in [2.75, 3.05) is 0 Å². The number of halogens is 1. The molecule has 1 aromatic heterocycles. The van der Waals surface area contributed by atoms with Crippen LogP contribution in [0.3, 0.4) is 0 Å². The first-order chi connectivity index (χ1) is 8.63. The molecule has 0 unspecified atom stereocenters. The summed E-state index contributed by atoms with van der Waals surface area (Å²) in [5.74, 6) is -0.436. The number of H-pyrrole nitrogens is 1. The second kappa shape index (κ2) is 5.21. The number of hydrogen-bond donors (Lipinski definition) is 2. The lowest BCUT2D eigenvalue weighted by Crippen LogP contribution is -2.33. The molecule has 1 amide bonds. The Labute approximate surface area is 105 Å². The van der Waals surface area contributed by atoms with Crippen molar-refractivity contribution in [3.8, 4) is 0 Å². The summed E-state index contributed by atoms with van der Waals surface area (Å²) in [6, 6.07) is 6.29. The van der Waals surface area contributed by atoms with E-state index in [0.717, 1.165) is 18.4 Å². The van der Waals surface area contributed by atoms with Crippen LogP contribution in [0.25, 0.3) is 10.9 Å². The number of amides is 1. The van der Waals surface area contributed by atoms with Crippen molar-refractivity contribution >= 4 is 16.8 Å². The van der Waals surface area contributed by atoms with E-state index in [1.807, 2.05) is 13.8 Å². The monoisotopic (exact) mass is 248 g/mol. The van der Waals surface area contributed by atoms with Crippen molar-refractivity contribution in [1.82, 2.24) is 10.3 Å². The molecule has 0 atom stereocenters.